The van der Waals surface area contributed by atoms with Crippen LogP contribution in [0.1, 0.15) is 27.2 Å². The standard InChI is InChI=1S/C10H16N2O3/c1-7(2)12(8(3)6-9(13)14)10-11-4-5-15-10/h4-5,7-8H,6H2,1-3H3,(H,13,14). The van der Waals surface area contributed by atoms with E-state index in [4.69, 9.17) is 9.52 Å². The van der Waals surface area contributed by atoms with Crippen LogP contribution >= 0.6 is 0 Å². The second-order valence-corrected chi connectivity index (χ2v) is 3.76. The molecule has 84 valence electrons. The van der Waals surface area contributed by atoms with Gasteiger partial charge in [0.1, 0.15) is 6.26 Å². The second-order valence-electron chi connectivity index (χ2n) is 3.76. The Hall–Kier alpha value is -1.52. The first-order valence-electron chi connectivity index (χ1n) is 4.92. The van der Waals surface area contributed by atoms with Crippen LogP contribution in [-0.4, -0.2) is 28.1 Å². The number of rotatable bonds is 5. The Morgan fingerprint density at radius 1 is 1.60 bits per heavy atom. The van der Waals surface area contributed by atoms with Crippen molar-refractivity contribution in [3.8, 4) is 0 Å². The van der Waals surface area contributed by atoms with Crippen molar-refractivity contribution in [3.63, 3.8) is 0 Å². The van der Waals surface area contributed by atoms with Crippen LogP contribution in [0.3, 0.4) is 0 Å². The molecule has 1 unspecified atom stereocenters. The molecule has 1 atom stereocenters. The van der Waals surface area contributed by atoms with Crippen molar-refractivity contribution in [2.45, 2.75) is 39.3 Å². The highest BCUT2D eigenvalue weighted by Crippen LogP contribution is 2.19. The smallest absolute Gasteiger partial charge is 0.305 e. The van der Waals surface area contributed by atoms with Gasteiger partial charge in [0, 0.05) is 12.1 Å². The van der Waals surface area contributed by atoms with Gasteiger partial charge in [-0.1, -0.05) is 0 Å². The molecule has 1 aromatic rings. The van der Waals surface area contributed by atoms with Crippen molar-refractivity contribution in [3.05, 3.63) is 12.5 Å². The SMILES string of the molecule is CC(C)N(c1ncco1)C(C)CC(=O)O. The molecule has 1 rings (SSSR count). The summed E-state index contributed by atoms with van der Waals surface area (Å²) in [5.41, 5.74) is 0. The Morgan fingerprint density at radius 3 is 2.67 bits per heavy atom. The number of hydrogen-bond acceptors (Lipinski definition) is 4. The molecule has 0 bridgehead atoms. The molecule has 0 radical (unpaired) electrons. The number of carboxylic acid groups (broad SMARTS) is 1. The van der Waals surface area contributed by atoms with E-state index in [0.717, 1.165) is 0 Å². The van der Waals surface area contributed by atoms with E-state index in [1.54, 1.807) is 6.20 Å². The zero-order valence-electron chi connectivity index (χ0n) is 9.17. The monoisotopic (exact) mass is 212 g/mol. The minimum absolute atomic E-state index is 0.0700. The molecule has 0 aliphatic carbocycles. The molecular formula is C10H16N2O3. The predicted molar refractivity (Wildman–Crippen MR) is 55.8 cm³/mol. The Balaban J connectivity index is 2.79. The van der Waals surface area contributed by atoms with Crippen molar-refractivity contribution >= 4 is 12.0 Å². The minimum atomic E-state index is -0.820. The number of aromatic nitrogens is 1. The molecule has 5 heteroatoms. The van der Waals surface area contributed by atoms with Crippen molar-refractivity contribution < 1.29 is 14.3 Å². The highest BCUT2D eigenvalue weighted by atomic mass is 16.4. The summed E-state index contributed by atoms with van der Waals surface area (Å²) in [5, 5.41) is 8.73. The number of carbonyl (C=O) groups is 1. The number of hydrogen-bond donors (Lipinski definition) is 1. The molecule has 0 aromatic carbocycles. The molecule has 15 heavy (non-hydrogen) atoms. The van der Waals surface area contributed by atoms with Crippen LogP contribution in [0.5, 0.6) is 0 Å². The van der Waals surface area contributed by atoms with E-state index in [1.807, 2.05) is 25.7 Å². The third-order valence-electron chi connectivity index (χ3n) is 2.14. The number of anilines is 1. The number of oxazole rings is 1. The van der Waals surface area contributed by atoms with E-state index >= 15 is 0 Å². The molecule has 0 spiro atoms. The number of carboxylic acids is 1. The van der Waals surface area contributed by atoms with Gasteiger partial charge < -0.3 is 14.4 Å². The fourth-order valence-electron chi connectivity index (χ4n) is 1.61. The van der Waals surface area contributed by atoms with Gasteiger partial charge in [-0.2, -0.15) is 0 Å². The fraction of sp³-hybridized carbons (Fsp3) is 0.600. The van der Waals surface area contributed by atoms with Crippen LogP contribution in [-0.2, 0) is 4.79 Å². The molecule has 0 aliphatic rings. The number of nitrogens with zero attached hydrogens (tertiary/aromatic N) is 2. The maximum Gasteiger partial charge on any atom is 0.305 e. The molecule has 0 amide bonds. The van der Waals surface area contributed by atoms with Gasteiger partial charge in [-0.05, 0) is 20.8 Å². The quantitative estimate of drug-likeness (QED) is 0.805. The van der Waals surface area contributed by atoms with Gasteiger partial charge in [0.15, 0.2) is 0 Å². The maximum atomic E-state index is 10.6. The van der Waals surface area contributed by atoms with Crippen molar-refractivity contribution in [1.82, 2.24) is 4.98 Å². The van der Waals surface area contributed by atoms with Gasteiger partial charge in [-0.3, -0.25) is 4.79 Å². The average Bonchev–Trinajstić information content (AvgIpc) is 2.54. The van der Waals surface area contributed by atoms with Crippen LogP contribution in [0.4, 0.5) is 6.01 Å². The first-order valence-corrected chi connectivity index (χ1v) is 4.92. The fourth-order valence-corrected chi connectivity index (χ4v) is 1.61. The highest BCUT2D eigenvalue weighted by Gasteiger charge is 2.23. The van der Waals surface area contributed by atoms with Crippen LogP contribution in [0, 0.1) is 0 Å². The van der Waals surface area contributed by atoms with Crippen molar-refractivity contribution in [2.24, 2.45) is 0 Å². The third kappa shape index (κ3) is 2.97. The Bertz CT molecular complexity index is 308. The molecule has 1 heterocycles. The zero-order chi connectivity index (χ0) is 11.4. The van der Waals surface area contributed by atoms with Gasteiger partial charge in [0.2, 0.25) is 0 Å². The lowest BCUT2D eigenvalue weighted by atomic mass is 10.2. The number of aliphatic carboxylic acids is 1. The second kappa shape index (κ2) is 4.82. The Labute approximate surface area is 88.7 Å². The predicted octanol–water partition coefficient (Wildman–Crippen LogP) is 1.75. The van der Waals surface area contributed by atoms with Gasteiger partial charge in [0.05, 0.1) is 12.6 Å². The largest absolute Gasteiger partial charge is 0.481 e. The Morgan fingerprint density at radius 2 is 2.27 bits per heavy atom. The highest BCUT2D eigenvalue weighted by molar-refractivity contribution is 5.68. The molecule has 0 saturated heterocycles. The summed E-state index contributed by atoms with van der Waals surface area (Å²) < 4.78 is 5.18. The molecule has 0 fully saturated rings. The first kappa shape index (κ1) is 11.6. The summed E-state index contributed by atoms with van der Waals surface area (Å²) in [5.74, 6) is -0.820. The minimum Gasteiger partial charge on any atom is -0.481 e. The van der Waals surface area contributed by atoms with E-state index in [0.29, 0.717) is 6.01 Å². The van der Waals surface area contributed by atoms with Gasteiger partial charge in [-0.15, -0.1) is 0 Å². The van der Waals surface area contributed by atoms with Crippen LogP contribution < -0.4 is 4.90 Å². The van der Waals surface area contributed by atoms with Gasteiger partial charge in [0.25, 0.3) is 6.01 Å². The topological polar surface area (TPSA) is 66.6 Å². The molecular weight excluding hydrogens is 196 g/mol. The lowest BCUT2D eigenvalue weighted by Gasteiger charge is -2.30. The van der Waals surface area contributed by atoms with Crippen molar-refractivity contribution in [1.29, 1.82) is 0 Å². The zero-order valence-corrected chi connectivity index (χ0v) is 9.17. The average molecular weight is 212 g/mol. The van der Waals surface area contributed by atoms with Crippen molar-refractivity contribution in [2.75, 3.05) is 4.90 Å². The molecule has 1 N–H and O–H groups in total. The van der Waals surface area contributed by atoms with E-state index in [2.05, 4.69) is 4.98 Å². The summed E-state index contributed by atoms with van der Waals surface area (Å²) in [7, 11) is 0. The van der Waals surface area contributed by atoms with Gasteiger partial charge >= 0.3 is 5.97 Å². The summed E-state index contributed by atoms with van der Waals surface area (Å²) in [4.78, 5) is 16.5. The van der Waals surface area contributed by atoms with E-state index < -0.39 is 5.97 Å². The van der Waals surface area contributed by atoms with E-state index in [9.17, 15) is 4.79 Å². The lowest BCUT2D eigenvalue weighted by Crippen LogP contribution is -2.40. The lowest BCUT2D eigenvalue weighted by molar-refractivity contribution is -0.137. The third-order valence-corrected chi connectivity index (χ3v) is 2.14. The molecule has 0 saturated carbocycles. The van der Waals surface area contributed by atoms with Crippen LogP contribution in [0.2, 0.25) is 0 Å². The first-order chi connectivity index (χ1) is 7.02. The van der Waals surface area contributed by atoms with Gasteiger partial charge in [-0.25, -0.2) is 4.98 Å². The maximum absolute atomic E-state index is 10.6. The van der Waals surface area contributed by atoms with Crippen LogP contribution in [0.25, 0.3) is 0 Å². The Kier molecular flexibility index (Phi) is 3.71. The van der Waals surface area contributed by atoms with E-state index in [1.165, 1.54) is 6.26 Å². The molecule has 0 aliphatic heterocycles. The molecule has 1 aromatic heterocycles. The summed E-state index contributed by atoms with van der Waals surface area (Å²) in [6.45, 7) is 5.80. The van der Waals surface area contributed by atoms with Crippen LogP contribution in [0.15, 0.2) is 16.9 Å². The summed E-state index contributed by atoms with van der Waals surface area (Å²) in [6.07, 6.45) is 3.11. The van der Waals surface area contributed by atoms with E-state index in [-0.39, 0.29) is 18.5 Å². The molecule has 5 nitrogen and oxygen atoms in total. The summed E-state index contributed by atoms with van der Waals surface area (Å²) >= 11 is 0. The normalized spacial score (nSPS) is 12.8. The summed E-state index contributed by atoms with van der Waals surface area (Å²) in [6, 6.07) is 0.484.